The van der Waals surface area contributed by atoms with Crippen LogP contribution in [-0.4, -0.2) is 44.5 Å². The Kier molecular flexibility index (Phi) is 7.09. The maximum atomic E-state index is 5.33. The molecule has 0 amide bonds. The standard InChI is InChI=1S/C14H29NO2/c1-12(2)9-10-15(11-14(16-3)17-4)13-7-5-6-8-13/h12-14H,5-11H2,1-4H3. The highest BCUT2D eigenvalue weighted by Gasteiger charge is 2.24. The fourth-order valence-corrected chi connectivity index (χ4v) is 2.55. The number of methoxy groups -OCH3 is 2. The summed E-state index contributed by atoms with van der Waals surface area (Å²) in [6.07, 6.45) is 6.64. The lowest BCUT2D eigenvalue weighted by Crippen LogP contribution is -2.41. The van der Waals surface area contributed by atoms with E-state index in [2.05, 4.69) is 18.7 Å². The van der Waals surface area contributed by atoms with Crippen LogP contribution >= 0.6 is 0 Å². The van der Waals surface area contributed by atoms with Gasteiger partial charge in [0, 0.05) is 26.8 Å². The number of rotatable bonds is 8. The molecule has 0 N–H and O–H groups in total. The Bertz CT molecular complexity index is 187. The number of hydrogen-bond acceptors (Lipinski definition) is 3. The van der Waals surface area contributed by atoms with Gasteiger partial charge in [-0.05, 0) is 31.7 Å². The van der Waals surface area contributed by atoms with Gasteiger partial charge < -0.3 is 9.47 Å². The van der Waals surface area contributed by atoms with Gasteiger partial charge in [-0.1, -0.05) is 26.7 Å². The molecule has 0 radical (unpaired) electrons. The van der Waals surface area contributed by atoms with Gasteiger partial charge in [0.2, 0.25) is 0 Å². The maximum Gasteiger partial charge on any atom is 0.169 e. The van der Waals surface area contributed by atoms with Crippen molar-refractivity contribution in [2.75, 3.05) is 27.3 Å². The average Bonchev–Trinajstić information content (AvgIpc) is 2.83. The van der Waals surface area contributed by atoms with Gasteiger partial charge in [0.25, 0.3) is 0 Å². The van der Waals surface area contributed by atoms with Gasteiger partial charge in [-0.25, -0.2) is 0 Å². The maximum absolute atomic E-state index is 5.33. The lowest BCUT2D eigenvalue weighted by Gasteiger charge is -2.31. The van der Waals surface area contributed by atoms with Crippen LogP contribution < -0.4 is 0 Å². The summed E-state index contributed by atoms with van der Waals surface area (Å²) >= 11 is 0. The van der Waals surface area contributed by atoms with E-state index in [9.17, 15) is 0 Å². The highest BCUT2D eigenvalue weighted by molar-refractivity contribution is 4.78. The molecule has 1 rings (SSSR count). The van der Waals surface area contributed by atoms with E-state index in [1.807, 2.05) is 0 Å². The van der Waals surface area contributed by atoms with Gasteiger partial charge in [-0.3, -0.25) is 4.90 Å². The first-order chi connectivity index (χ1) is 8.17. The predicted molar refractivity (Wildman–Crippen MR) is 71.1 cm³/mol. The van der Waals surface area contributed by atoms with E-state index in [1.54, 1.807) is 14.2 Å². The Labute approximate surface area is 106 Å². The highest BCUT2D eigenvalue weighted by Crippen LogP contribution is 2.24. The zero-order valence-electron chi connectivity index (χ0n) is 11.9. The fourth-order valence-electron chi connectivity index (χ4n) is 2.55. The molecule has 0 aromatic rings. The second kappa shape index (κ2) is 8.06. The molecule has 17 heavy (non-hydrogen) atoms. The van der Waals surface area contributed by atoms with Crippen LogP contribution in [-0.2, 0) is 9.47 Å². The highest BCUT2D eigenvalue weighted by atomic mass is 16.7. The van der Waals surface area contributed by atoms with Crippen molar-refractivity contribution in [1.29, 1.82) is 0 Å². The van der Waals surface area contributed by atoms with Crippen molar-refractivity contribution in [3.63, 3.8) is 0 Å². The third kappa shape index (κ3) is 5.36. The Morgan fingerprint density at radius 1 is 1.12 bits per heavy atom. The molecule has 0 aromatic carbocycles. The summed E-state index contributed by atoms with van der Waals surface area (Å²) in [5.41, 5.74) is 0. The SMILES string of the molecule is COC(CN(CCC(C)C)C1CCCC1)OC. The van der Waals surface area contributed by atoms with Crippen molar-refractivity contribution >= 4 is 0 Å². The summed E-state index contributed by atoms with van der Waals surface area (Å²) in [5.74, 6) is 0.766. The van der Waals surface area contributed by atoms with E-state index >= 15 is 0 Å². The summed E-state index contributed by atoms with van der Waals surface area (Å²) in [5, 5.41) is 0. The molecule has 1 fully saturated rings. The van der Waals surface area contributed by atoms with Crippen LogP contribution in [0.25, 0.3) is 0 Å². The lowest BCUT2D eigenvalue weighted by molar-refractivity contribution is -0.120. The Balaban J connectivity index is 2.45. The number of nitrogens with zero attached hydrogens (tertiary/aromatic N) is 1. The first-order valence-corrected chi connectivity index (χ1v) is 6.97. The van der Waals surface area contributed by atoms with Crippen LogP contribution in [0.3, 0.4) is 0 Å². The number of ether oxygens (including phenoxy) is 2. The zero-order chi connectivity index (χ0) is 12.7. The summed E-state index contributed by atoms with van der Waals surface area (Å²) in [7, 11) is 3.45. The van der Waals surface area contributed by atoms with Crippen molar-refractivity contribution in [3.8, 4) is 0 Å². The molecule has 0 atom stereocenters. The minimum atomic E-state index is -0.0808. The summed E-state index contributed by atoms with van der Waals surface area (Å²) < 4.78 is 10.7. The van der Waals surface area contributed by atoms with E-state index < -0.39 is 0 Å². The molecule has 1 saturated carbocycles. The molecule has 0 heterocycles. The molecule has 1 aliphatic carbocycles. The van der Waals surface area contributed by atoms with E-state index in [1.165, 1.54) is 38.6 Å². The van der Waals surface area contributed by atoms with Gasteiger partial charge in [-0.15, -0.1) is 0 Å². The van der Waals surface area contributed by atoms with Crippen LogP contribution in [0.4, 0.5) is 0 Å². The van der Waals surface area contributed by atoms with Crippen molar-refractivity contribution in [3.05, 3.63) is 0 Å². The summed E-state index contributed by atoms with van der Waals surface area (Å²) in [6.45, 7) is 6.66. The molecule has 0 aliphatic heterocycles. The molecule has 3 heteroatoms. The van der Waals surface area contributed by atoms with Gasteiger partial charge in [0.1, 0.15) is 0 Å². The topological polar surface area (TPSA) is 21.7 Å². The molecule has 102 valence electrons. The molecule has 0 saturated heterocycles. The van der Waals surface area contributed by atoms with Crippen LogP contribution in [0.2, 0.25) is 0 Å². The van der Waals surface area contributed by atoms with E-state index in [-0.39, 0.29) is 6.29 Å². The van der Waals surface area contributed by atoms with E-state index in [4.69, 9.17) is 9.47 Å². The largest absolute Gasteiger partial charge is 0.355 e. The van der Waals surface area contributed by atoms with Crippen LogP contribution in [0, 0.1) is 5.92 Å². The molecule has 1 aliphatic rings. The monoisotopic (exact) mass is 243 g/mol. The fraction of sp³-hybridized carbons (Fsp3) is 1.00. The first-order valence-electron chi connectivity index (χ1n) is 6.97. The van der Waals surface area contributed by atoms with Crippen molar-refractivity contribution < 1.29 is 9.47 Å². The molecule has 3 nitrogen and oxygen atoms in total. The smallest absolute Gasteiger partial charge is 0.169 e. The molecule has 0 aromatic heterocycles. The second-order valence-corrected chi connectivity index (χ2v) is 5.52. The Morgan fingerprint density at radius 2 is 1.71 bits per heavy atom. The lowest BCUT2D eigenvalue weighted by atomic mass is 10.1. The van der Waals surface area contributed by atoms with Gasteiger partial charge in [-0.2, -0.15) is 0 Å². The second-order valence-electron chi connectivity index (χ2n) is 5.52. The summed E-state index contributed by atoms with van der Waals surface area (Å²) in [4.78, 5) is 2.57. The molecule has 0 bridgehead atoms. The van der Waals surface area contributed by atoms with Gasteiger partial charge in [0.05, 0.1) is 0 Å². The molecular weight excluding hydrogens is 214 g/mol. The predicted octanol–water partition coefficient (Wildman–Crippen LogP) is 2.90. The third-order valence-electron chi connectivity index (χ3n) is 3.74. The Morgan fingerprint density at radius 3 is 2.18 bits per heavy atom. The summed E-state index contributed by atoms with van der Waals surface area (Å²) in [6, 6.07) is 0.751. The third-order valence-corrected chi connectivity index (χ3v) is 3.74. The minimum Gasteiger partial charge on any atom is -0.355 e. The molecular formula is C14H29NO2. The minimum absolute atomic E-state index is 0.0808. The van der Waals surface area contributed by atoms with E-state index in [0.29, 0.717) is 0 Å². The Hall–Kier alpha value is -0.120. The molecule has 0 unspecified atom stereocenters. The zero-order valence-corrected chi connectivity index (χ0v) is 11.9. The quantitative estimate of drug-likeness (QED) is 0.612. The normalized spacial score (nSPS) is 17.8. The van der Waals surface area contributed by atoms with Crippen molar-refractivity contribution in [2.45, 2.75) is 58.3 Å². The van der Waals surface area contributed by atoms with Crippen molar-refractivity contribution in [1.82, 2.24) is 4.90 Å². The first kappa shape index (κ1) is 14.9. The van der Waals surface area contributed by atoms with Crippen LogP contribution in [0.5, 0.6) is 0 Å². The van der Waals surface area contributed by atoms with Crippen molar-refractivity contribution in [2.24, 2.45) is 5.92 Å². The number of hydrogen-bond donors (Lipinski definition) is 0. The average molecular weight is 243 g/mol. The van der Waals surface area contributed by atoms with Gasteiger partial charge >= 0.3 is 0 Å². The van der Waals surface area contributed by atoms with E-state index in [0.717, 1.165) is 18.5 Å². The van der Waals surface area contributed by atoms with Crippen LogP contribution in [0.15, 0.2) is 0 Å². The molecule has 0 spiro atoms. The van der Waals surface area contributed by atoms with Crippen LogP contribution in [0.1, 0.15) is 46.0 Å². The van der Waals surface area contributed by atoms with Gasteiger partial charge in [0.15, 0.2) is 6.29 Å².